The van der Waals surface area contributed by atoms with Crippen LogP contribution in [0.15, 0.2) is 42.5 Å². The maximum atomic E-state index is 13.2. The van der Waals surface area contributed by atoms with E-state index in [1.54, 1.807) is 24.3 Å². The van der Waals surface area contributed by atoms with Gasteiger partial charge in [-0.05, 0) is 29.8 Å². The molecule has 0 unspecified atom stereocenters. The Morgan fingerprint density at radius 3 is 2.75 bits per heavy atom. The number of rotatable bonds is 4. The fourth-order valence-corrected chi connectivity index (χ4v) is 1.80. The van der Waals surface area contributed by atoms with Gasteiger partial charge in [-0.1, -0.05) is 18.2 Å². The highest BCUT2D eigenvalue weighted by molar-refractivity contribution is 5.89. The van der Waals surface area contributed by atoms with Gasteiger partial charge in [0.05, 0.1) is 11.1 Å². The summed E-state index contributed by atoms with van der Waals surface area (Å²) in [6.07, 6.45) is 0. The molecule has 5 heteroatoms. The molecule has 0 spiro atoms. The predicted molar refractivity (Wildman–Crippen MR) is 71.8 cm³/mol. The van der Waals surface area contributed by atoms with Crippen LogP contribution in [0.5, 0.6) is 0 Å². The molecule has 4 nitrogen and oxygen atoms in total. The normalized spacial score (nSPS) is 9.80. The summed E-state index contributed by atoms with van der Waals surface area (Å²) in [5.41, 5.74) is 1.33. The molecule has 0 saturated carbocycles. The molecular formula is C15H11FN2O2. The van der Waals surface area contributed by atoms with Crippen molar-refractivity contribution < 1.29 is 14.3 Å². The van der Waals surface area contributed by atoms with Gasteiger partial charge in [-0.25, -0.2) is 9.18 Å². The Balaban J connectivity index is 2.17. The molecule has 0 heterocycles. The molecule has 20 heavy (non-hydrogen) atoms. The summed E-state index contributed by atoms with van der Waals surface area (Å²) < 4.78 is 13.2. The van der Waals surface area contributed by atoms with E-state index in [0.29, 0.717) is 11.3 Å². The fraction of sp³-hybridized carbons (Fsp3) is 0.0667. The first-order chi connectivity index (χ1) is 9.61. The van der Waals surface area contributed by atoms with Gasteiger partial charge in [-0.2, -0.15) is 5.26 Å². The summed E-state index contributed by atoms with van der Waals surface area (Å²) in [7, 11) is 0. The first kappa shape index (κ1) is 13.6. The van der Waals surface area contributed by atoms with Gasteiger partial charge < -0.3 is 10.4 Å². The molecule has 2 rings (SSSR count). The van der Waals surface area contributed by atoms with E-state index in [1.807, 2.05) is 0 Å². The largest absolute Gasteiger partial charge is 0.478 e. The Kier molecular flexibility index (Phi) is 3.96. The third-order valence-corrected chi connectivity index (χ3v) is 2.82. The minimum atomic E-state index is -1.00. The topological polar surface area (TPSA) is 73.1 Å². The van der Waals surface area contributed by atoms with Crippen LogP contribution in [0, 0.1) is 17.1 Å². The van der Waals surface area contributed by atoms with Crippen molar-refractivity contribution in [3.8, 4) is 6.07 Å². The van der Waals surface area contributed by atoms with Gasteiger partial charge in [0.2, 0.25) is 0 Å². The van der Waals surface area contributed by atoms with Gasteiger partial charge in [0, 0.05) is 12.2 Å². The van der Waals surface area contributed by atoms with Crippen LogP contribution >= 0.6 is 0 Å². The first-order valence-electron chi connectivity index (χ1n) is 5.86. The van der Waals surface area contributed by atoms with Crippen LogP contribution in [0.4, 0.5) is 10.1 Å². The minimum Gasteiger partial charge on any atom is -0.478 e. The van der Waals surface area contributed by atoms with E-state index in [1.165, 1.54) is 24.3 Å². The van der Waals surface area contributed by atoms with Gasteiger partial charge in [-0.3, -0.25) is 0 Å². The number of carboxylic acid groups (broad SMARTS) is 1. The van der Waals surface area contributed by atoms with Gasteiger partial charge >= 0.3 is 5.97 Å². The molecule has 0 radical (unpaired) electrons. The molecule has 0 aliphatic carbocycles. The molecule has 0 aliphatic rings. The SMILES string of the molecule is N#Cc1cc(NCc2ccccc2C(=O)O)ccc1F. The molecule has 2 aromatic rings. The first-order valence-corrected chi connectivity index (χ1v) is 5.86. The number of nitrogens with zero attached hydrogens (tertiary/aromatic N) is 1. The van der Waals surface area contributed by atoms with Crippen LogP contribution in [-0.4, -0.2) is 11.1 Å². The van der Waals surface area contributed by atoms with Crippen LogP contribution < -0.4 is 5.32 Å². The molecule has 0 aliphatic heterocycles. The second-order valence-electron chi connectivity index (χ2n) is 4.12. The van der Waals surface area contributed by atoms with E-state index in [9.17, 15) is 9.18 Å². The second kappa shape index (κ2) is 5.85. The van der Waals surface area contributed by atoms with E-state index >= 15 is 0 Å². The van der Waals surface area contributed by atoms with E-state index in [-0.39, 0.29) is 17.7 Å². The van der Waals surface area contributed by atoms with Crippen molar-refractivity contribution in [1.29, 1.82) is 5.26 Å². The van der Waals surface area contributed by atoms with E-state index in [2.05, 4.69) is 5.32 Å². The molecule has 0 bridgehead atoms. The van der Waals surface area contributed by atoms with Crippen molar-refractivity contribution in [1.82, 2.24) is 0 Å². The number of benzene rings is 2. The number of nitriles is 1. The summed E-state index contributed by atoms with van der Waals surface area (Å²) >= 11 is 0. The Morgan fingerprint density at radius 2 is 2.05 bits per heavy atom. The lowest BCUT2D eigenvalue weighted by Crippen LogP contribution is -2.07. The molecule has 0 amide bonds. The Labute approximate surface area is 115 Å². The Bertz CT molecular complexity index is 693. The average Bonchev–Trinajstić information content (AvgIpc) is 2.46. The van der Waals surface area contributed by atoms with Crippen molar-refractivity contribution in [2.75, 3.05) is 5.32 Å². The lowest BCUT2D eigenvalue weighted by molar-refractivity contribution is 0.0696. The van der Waals surface area contributed by atoms with E-state index in [4.69, 9.17) is 10.4 Å². The highest BCUT2D eigenvalue weighted by Gasteiger charge is 2.09. The number of halogens is 1. The summed E-state index contributed by atoms with van der Waals surface area (Å²) in [5, 5.41) is 20.8. The molecule has 100 valence electrons. The van der Waals surface area contributed by atoms with Crippen LogP contribution in [0.1, 0.15) is 21.5 Å². The molecule has 0 fully saturated rings. The van der Waals surface area contributed by atoms with Crippen molar-refractivity contribution in [3.63, 3.8) is 0 Å². The maximum absolute atomic E-state index is 13.2. The lowest BCUT2D eigenvalue weighted by atomic mass is 10.1. The predicted octanol–water partition coefficient (Wildman–Crippen LogP) is 3.01. The van der Waals surface area contributed by atoms with Crippen molar-refractivity contribution >= 4 is 11.7 Å². The van der Waals surface area contributed by atoms with Gasteiger partial charge in [-0.15, -0.1) is 0 Å². The zero-order valence-corrected chi connectivity index (χ0v) is 10.4. The highest BCUT2D eigenvalue weighted by atomic mass is 19.1. The number of nitrogens with one attached hydrogen (secondary N) is 1. The zero-order valence-electron chi connectivity index (χ0n) is 10.4. The van der Waals surface area contributed by atoms with E-state index < -0.39 is 11.8 Å². The maximum Gasteiger partial charge on any atom is 0.336 e. The standard InChI is InChI=1S/C15H11FN2O2/c16-14-6-5-12(7-11(14)8-17)18-9-10-3-1-2-4-13(10)15(19)20/h1-7,18H,9H2,(H,19,20). The van der Waals surface area contributed by atoms with Crippen molar-refractivity contribution in [3.05, 3.63) is 65.0 Å². The molecule has 0 saturated heterocycles. The van der Waals surface area contributed by atoms with Crippen molar-refractivity contribution in [2.45, 2.75) is 6.54 Å². The average molecular weight is 270 g/mol. The number of hydrogen-bond donors (Lipinski definition) is 2. The van der Waals surface area contributed by atoms with Crippen molar-refractivity contribution in [2.24, 2.45) is 0 Å². The molecule has 2 aromatic carbocycles. The van der Waals surface area contributed by atoms with Crippen LogP contribution in [0.25, 0.3) is 0 Å². The molecular weight excluding hydrogens is 259 g/mol. The lowest BCUT2D eigenvalue weighted by Gasteiger charge is -2.09. The van der Waals surface area contributed by atoms with Crippen LogP contribution in [-0.2, 0) is 6.54 Å². The minimum absolute atomic E-state index is 0.0541. The van der Waals surface area contributed by atoms with Crippen LogP contribution in [0.2, 0.25) is 0 Å². The van der Waals surface area contributed by atoms with E-state index in [0.717, 1.165) is 0 Å². The summed E-state index contributed by atoms with van der Waals surface area (Å²) in [5.74, 6) is -1.58. The van der Waals surface area contributed by atoms with Crippen LogP contribution in [0.3, 0.4) is 0 Å². The number of carbonyl (C=O) groups is 1. The second-order valence-corrected chi connectivity index (χ2v) is 4.12. The fourth-order valence-electron chi connectivity index (χ4n) is 1.80. The number of anilines is 1. The third-order valence-electron chi connectivity index (χ3n) is 2.82. The third kappa shape index (κ3) is 2.93. The van der Waals surface area contributed by atoms with Gasteiger partial charge in [0.15, 0.2) is 0 Å². The Morgan fingerprint density at radius 1 is 1.30 bits per heavy atom. The van der Waals surface area contributed by atoms with Gasteiger partial charge in [0.25, 0.3) is 0 Å². The highest BCUT2D eigenvalue weighted by Crippen LogP contribution is 2.16. The van der Waals surface area contributed by atoms with Gasteiger partial charge in [0.1, 0.15) is 11.9 Å². The summed E-state index contributed by atoms with van der Waals surface area (Å²) in [6, 6.07) is 12.5. The molecule has 0 aromatic heterocycles. The number of carboxylic acids is 1. The zero-order chi connectivity index (χ0) is 14.5. The Hall–Kier alpha value is -2.87. The monoisotopic (exact) mass is 270 g/mol. The summed E-state index contributed by atoms with van der Waals surface area (Å²) in [6.45, 7) is 0.277. The number of hydrogen-bond acceptors (Lipinski definition) is 3. The molecule has 0 atom stereocenters. The quantitative estimate of drug-likeness (QED) is 0.895. The summed E-state index contributed by atoms with van der Waals surface area (Å²) in [4.78, 5) is 11.1. The smallest absolute Gasteiger partial charge is 0.336 e. The molecule has 2 N–H and O–H groups in total. The number of aromatic carboxylic acids is 1.